The molecule has 1 amide bonds. The van der Waals surface area contributed by atoms with Crippen molar-refractivity contribution in [3.63, 3.8) is 0 Å². The van der Waals surface area contributed by atoms with E-state index in [0.29, 0.717) is 12.3 Å². The van der Waals surface area contributed by atoms with Crippen LogP contribution in [0.5, 0.6) is 0 Å². The Morgan fingerprint density at radius 1 is 1.28 bits per heavy atom. The van der Waals surface area contributed by atoms with Crippen molar-refractivity contribution in [1.82, 2.24) is 9.88 Å². The Balaban J connectivity index is 2.39. The number of carbonyl (C=O) groups excluding carboxylic acids is 2. The second kappa shape index (κ2) is 9.57. The summed E-state index contributed by atoms with van der Waals surface area (Å²) in [5.74, 6) is -0.941. The summed E-state index contributed by atoms with van der Waals surface area (Å²) in [5, 5.41) is 11.5. The van der Waals surface area contributed by atoms with E-state index in [0.717, 1.165) is 0 Å². The molecule has 0 N–H and O–H groups in total. The molecule has 32 heavy (non-hydrogen) atoms. The number of rotatable bonds is 5. The van der Waals surface area contributed by atoms with Gasteiger partial charge in [-0.25, -0.2) is 9.78 Å². The standard InChI is InChI=1S/C19H25F3N4O6/c1-5-31-15(27)9-13-11-24(17(28)32-18(2,3)4)6-7-25(13)16-14(26(29)30)8-12(10-23-16)19(20,21)22/h8,10,13H,5-7,9,11H2,1-4H3. The predicted octanol–water partition coefficient (Wildman–Crippen LogP) is 3.39. The fourth-order valence-corrected chi connectivity index (χ4v) is 3.17. The first-order valence-electron chi connectivity index (χ1n) is 9.84. The van der Waals surface area contributed by atoms with Crippen molar-refractivity contribution in [3.05, 3.63) is 27.9 Å². The zero-order valence-electron chi connectivity index (χ0n) is 18.1. The summed E-state index contributed by atoms with van der Waals surface area (Å²) in [6, 6.07) is -0.414. The molecule has 1 unspecified atom stereocenters. The number of amides is 1. The molecule has 1 atom stereocenters. The molecule has 0 aliphatic carbocycles. The van der Waals surface area contributed by atoms with Crippen LogP contribution in [0.2, 0.25) is 0 Å². The fraction of sp³-hybridized carbons (Fsp3) is 0.632. The zero-order valence-corrected chi connectivity index (χ0v) is 18.1. The number of pyridine rings is 1. The molecule has 0 aromatic carbocycles. The summed E-state index contributed by atoms with van der Waals surface area (Å²) in [6.45, 7) is 6.75. The van der Waals surface area contributed by atoms with Gasteiger partial charge in [0.25, 0.3) is 0 Å². The maximum Gasteiger partial charge on any atom is 0.418 e. The number of halogens is 3. The summed E-state index contributed by atoms with van der Waals surface area (Å²) < 4.78 is 49.3. The minimum atomic E-state index is -4.81. The largest absolute Gasteiger partial charge is 0.466 e. The molecule has 1 aliphatic rings. The third-order valence-corrected chi connectivity index (χ3v) is 4.49. The van der Waals surface area contributed by atoms with Crippen molar-refractivity contribution in [1.29, 1.82) is 0 Å². The predicted molar refractivity (Wildman–Crippen MR) is 106 cm³/mol. The number of nitro groups is 1. The van der Waals surface area contributed by atoms with Crippen molar-refractivity contribution in [2.45, 2.75) is 51.9 Å². The van der Waals surface area contributed by atoms with Crippen molar-refractivity contribution in [3.8, 4) is 0 Å². The molecule has 10 nitrogen and oxygen atoms in total. The lowest BCUT2D eigenvalue weighted by Crippen LogP contribution is -2.56. The van der Waals surface area contributed by atoms with Crippen LogP contribution in [0.1, 0.15) is 39.7 Å². The van der Waals surface area contributed by atoms with Crippen molar-refractivity contribution < 1.29 is 37.2 Å². The molecule has 1 aliphatic heterocycles. The van der Waals surface area contributed by atoms with Crippen LogP contribution in [0.15, 0.2) is 12.3 Å². The number of esters is 1. The van der Waals surface area contributed by atoms with Gasteiger partial charge >= 0.3 is 23.9 Å². The molecule has 0 spiro atoms. The Hall–Kier alpha value is -3.12. The van der Waals surface area contributed by atoms with Gasteiger partial charge in [0, 0.05) is 31.9 Å². The average Bonchev–Trinajstić information content (AvgIpc) is 2.65. The lowest BCUT2D eigenvalue weighted by molar-refractivity contribution is -0.384. The van der Waals surface area contributed by atoms with Crippen molar-refractivity contribution in [2.24, 2.45) is 0 Å². The second-order valence-corrected chi connectivity index (χ2v) is 8.10. The van der Waals surface area contributed by atoms with Crippen LogP contribution in [-0.2, 0) is 20.4 Å². The molecule has 1 aromatic rings. The van der Waals surface area contributed by atoms with Crippen molar-refractivity contribution >= 4 is 23.6 Å². The number of alkyl halides is 3. The van der Waals surface area contributed by atoms with Crippen LogP contribution in [0.25, 0.3) is 0 Å². The van der Waals surface area contributed by atoms with Gasteiger partial charge in [0.1, 0.15) is 5.60 Å². The maximum absolute atomic E-state index is 13.0. The van der Waals surface area contributed by atoms with Gasteiger partial charge in [-0.15, -0.1) is 0 Å². The highest BCUT2D eigenvalue weighted by atomic mass is 19.4. The Bertz CT molecular complexity index is 872. The smallest absolute Gasteiger partial charge is 0.418 e. The molecule has 1 fully saturated rings. The molecular weight excluding hydrogens is 437 g/mol. The van der Waals surface area contributed by atoms with E-state index in [-0.39, 0.29) is 38.5 Å². The number of hydrogen-bond donors (Lipinski definition) is 0. The van der Waals surface area contributed by atoms with Gasteiger partial charge in [0.05, 0.1) is 29.6 Å². The van der Waals surface area contributed by atoms with Gasteiger partial charge in [0.15, 0.2) is 0 Å². The molecule has 2 rings (SSSR count). The van der Waals surface area contributed by atoms with E-state index in [2.05, 4.69) is 4.98 Å². The van der Waals surface area contributed by atoms with E-state index >= 15 is 0 Å². The van der Waals surface area contributed by atoms with Crippen LogP contribution in [-0.4, -0.2) is 64.8 Å². The Labute approximate surface area is 182 Å². The van der Waals surface area contributed by atoms with E-state index in [4.69, 9.17) is 9.47 Å². The van der Waals surface area contributed by atoms with E-state index in [1.807, 2.05) is 0 Å². The lowest BCUT2D eigenvalue weighted by atomic mass is 10.1. The van der Waals surface area contributed by atoms with E-state index in [9.17, 15) is 32.9 Å². The molecule has 178 valence electrons. The van der Waals surface area contributed by atoms with E-state index in [1.165, 1.54) is 9.80 Å². The minimum absolute atomic E-state index is 0.0114. The molecule has 0 saturated carbocycles. The summed E-state index contributed by atoms with van der Waals surface area (Å²) in [4.78, 5) is 41.5. The first kappa shape index (κ1) is 25.1. The summed E-state index contributed by atoms with van der Waals surface area (Å²) in [7, 11) is 0. The average molecular weight is 462 g/mol. The number of carbonyl (C=O) groups is 2. The normalized spacial score (nSPS) is 17.2. The van der Waals surface area contributed by atoms with E-state index in [1.54, 1.807) is 27.7 Å². The first-order valence-corrected chi connectivity index (χ1v) is 9.84. The van der Waals surface area contributed by atoms with Gasteiger partial charge in [0.2, 0.25) is 5.82 Å². The number of ether oxygens (including phenoxy) is 2. The topological polar surface area (TPSA) is 115 Å². The van der Waals surface area contributed by atoms with E-state index < -0.39 is 46.1 Å². The second-order valence-electron chi connectivity index (χ2n) is 8.10. The van der Waals surface area contributed by atoms with Gasteiger partial charge in [-0.3, -0.25) is 14.9 Å². The number of anilines is 1. The van der Waals surface area contributed by atoms with Crippen LogP contribution < -0.4 is 4.90 Å². The third-order valence-electron chi connectivity index (χ3n) is 4.49. The highest BCUT2D eigenvalue weighted by Gasteiger charge is 2.39. The maximum atomic E-state index is 13.0. The Morgan fingerprint density at radius 2 is 1.94 bits per heavy atom. The SMILES string of the molecule is CCOC(=O)CC1CN(C(=O)OC(C)(C)C)CCN1c1ncc(C(F)(F)F)cc1[N+](=O)[O-]. The third kappa shape index (κ3) is 6.44. The summed E-state index contributed by atoms with van der Waals surface area (Å²) in [5.41, 5.74) is -2.87. The molecule has 0 bridgehead atoms. The van der Waals surface area contributed by atoms with Crippen molar-refractivity contribution in [2.75, 3.05) is 31.1 Å². The number of aromatic nitrogens is 1. The first-order chi connectivity index (χ1) is 14.7. The molecule has 0 radical (unpaired) electrons. The zero-order chi connectivity index (χ0) is 24.3. The molecule has 2 heterocycles. The van der Waals surface area contributed by atoms with Crippen LogP contribution in [0.4, 0.5) is 29.5 Å². The molecular formula is C19H25F3N4O6. The molecule has 13 heteroatoms. The summed E-state index contributed by atoms with van der Waals surface area (Å²) >= 11 is 0. The highest BCUT2D eigenvalue weighted by Crippen LogP contribution is 2.36. The Morgan fingerprint density at radius 3 is 2.47 bits per heavy atom. The van der Waals surface area contributed by atoms with Gasteiger partial charge in [-0.05, 0) is 27.7 Å². The number of hydrogen-bond acceptors (Lipinski definition) is 8. The number of piperazine rings is 1. The molecule has 1 saturated heterocycles. The Kier molecular flexibility index (Phi) is 7.52. The van der Waals surface area contributed by atoms with Crippen LogP contribution in [0, 0.1) is 10.1 Å². The van der Waals surface area contributed by atoms with Crippen LogP contribution in [0.3, 0.4) is 0 Å². The summed E-state index contributed by atoms with van der Waals surface area (Å²) in [6.07, 6.45) is -5.20. The lowest BCUT2D eigenvalue weighted by Gasteiger charge is -2.41. The fourth-order valence-electron chi connectivity index (χ4n) is 3.17. The van der Waals surface area contributed by atoms with Gasteiger partial charge < -0.3 is 19.3 Å². The molecule has 1 aromatic heterocycles. The number of nitrogens with zero attached hydrogens (tertiary/aromatic N) is 4. The van der Waals surface area contributed by atoms with Gasteiger partial charge in [-0.1, -0.05) is 0 Å². The highest BCUT2D eigenvalue weighted by molar-refractivity contribution is 5.73. The monoisotopic (exact) mass is 462 g/mol. The van der Waals surface area contributed by atoms with Gasteiger partial charge in [-0.2, -0.15) is 13.2 Å². The minimum Gasteiger partial charge on any atom is -0.466 e. The van der Waals surface area contributed by atoms with Crippen LogP contribution >= 0.6 is 0 Å². The quantitative estimate of drug-likeness (QED) is 0.372.